The number of hydrogen-bond donors (Lipinski definition) is 1. The molecular weight excluding hydrogens is 434 g/mol. The topological polar surface area (TPSA) is 83.7 Å². The fourth-order valence-electron chi connectivity index (χ4n) is 4.97. The number of thiophene rings is 1. The van der Waals surface area contributed by atoms with E-state index in [1.54, 1.807) is 9.80 Å². The van der Waals surface area contributed by atoms with Crippen LogP contribution in [0.4, 0.5) is 5.69 Å². The second kappa shape index (κ2) is 8.48. The first kappa shape index (κ1) is 21.4. The smallest absolute Gasteiger partial charge is 0.240 e. The number of nitrogens with zero attached hydrogens (tertiary/aromatic N) is 2. The van der Waals surface area contributed by atoms with Crippen molar-refractivity contribution >= 4 is 34.7 Å². The monoisotopic (exact) mass is 459 g/mol. The summed E-state index contributed by atoms with van der Waals surface area (Å²) >= 11 is 1.53. The van der Waals surface area contributed by atoms with E-state index < -0.39 is 23.9 Å². The molecule has 1 aromatic heterocycles. The van der Waals surface area contributed by atoms with Gasteiger partial charge in [-0.05, 0) is 41.6 Å². The van der Waals surface area contributed by atoms with Gasteiger partial charge in [-0.25, -0.2) is 0 Å². The van der Waals surface area contributed by atoms with Crippen molar-refractivity contribution in [2.75, 3.05) is 4.90 Å². The summed E-state index contributed by atoms with van der Waals surface area (Å²) in [5.41, 5.74) is 9.65. The molecule has 2 aromatic carbocycles. The normalized spacial score (nSPS) is 22.3. The Morgan fingerprint density at radius 1 is 0.970 bits per heavy atom. The Bertz CT molecular complexity index is 1210. The van der Waals surface area contributed by atoms with Crippen molar-refractivity contribution in [3.8, 4) is 0 Å². The average Bonchev–Trinajstić information content (AvgIpc) is 3.46. The molecule has 3 aromatic rings. The number of primary amides is 1. The Hall–Kier alpha value is -3.45. The van der Waals surface area contributed by atoms with E-state index >= 15 is 0 Å². The molecule has 2 N–H and O–H groups in total. The van der Waals surface area contributed by atoms with Crippen LogP contribution in [0.15, 0.2) is 66.0 Å². The van der Waals surface area contributed by atoms with Gasteiger partial charge in [0.15, 0.2) is 0 Å². The van der Waals surface area contributed by atoms with Gasteiger partial charge in [0.05, 0.1) is 12.0 Å². The quantitative estimate of drug-likeness (QED) is 0.647. The zero-order valence-electron chi connectivity index (χ0n) is 18.3. The van der Waals surface area contributed by atoms with Crippen LogP contribution in [0.5, 0.6) is 0 Å². The first-order valence-corrected chi connectivity index (χ1v) is 11.9. The van der Waals surface area contributed by atoms with E-state index in [9.17, 15) is 14.4 Å². The fourth-order valence-corrected chi connectivity index (χ4v) is 5.85. The minimum Gasteiger partial charge on any atom is -0.368 e. The number of rotatable bonds is 4. The van der Waals surface area contributed by atoms with E-state index in [1.165, 1.54) is 11.3 Å². The average molecular weight is 460 g/mol. The number of carbonyl (C=O) groups is 3. The number of hydrogen-bond acceptors (Lipinski definition) is 4. The predicted octanol–water partition coefficient (Wildman–Crippen LogP) is 3.59. The molecule has 2 aliphatic rings. The molecular formula is C26H25N3O3S. The van der Waals surface area contributed by atoms with Crippen molar-refractivity contribution in [3.05, 3.63) is 87.6 Å². The summed E-state index contributed by atoms with van der Waals surface area (Å²) in [7, 11) is 0. The number of amides is 3. The van der Waals surface area contributed by atoms with E-state index in [0.717, 1.165) is 27.3 Å². The van der Waals surface area contributed by atoms with Crippen molar-refractivity contribution < 1.29 is 14.4 Å². The van der Waals surface area contributed by atoms with E-state index in [2.05, 4.69) is 0 Å². The lowest BCUT2D eigenvalue weighted by atomic mass is 9.90. The highest BCUT2D eigenvalue weighted by molar-refractivity contribution is 7.10. The van der Waals surface area contributed by atoms with Crippen molar-refractivity contribution in [2.24, 2.45) is 11.7 Å². The van der Waals surface area contributed by atoms with Gasteiger partial charge in [-0.15, -0.1) is 11.3 Å². The number of carbonyl (C=O) groups excluding carboxylic acids is 3. The first-order valence-electron chi connectivity index (χ1n) is 11.0. The predicted molar refractivity (Wildman–Crippen MR) is 128 cm³/mol. The number of benzene rings is 2. The van der Waals surface area contributed by atoms with Crippen LogP contribution >= 0.6 is 11.3 Å². The molecule has 5 rings (SSSR count). The van der Waals surface area contributed by atoms with Crippen LogP contribution in [0, 0.1) is 12.8 Å². The lowest BCUT2D eigenvalue weighted by Crippen LogP contribution is -2.53. The van der Waals surface area contributed by atoms with Gasteiger partial charge in [0, 0.05) is 30.0 Å². The van der Waals surface area contributed by atoms with E-state index in [0.29, 0.717) is 13.0 Å². The molecule has 33 heavy (non-hydrogen) atoms. The van der Waals surface area contributed by atoms with Crippen molar-refractivity contribution in [1.29, 1.82) is 0 Å². The Labute approximate surface area is 196 Å². The van der Waals surface area contributed by atoms with Gasteiger partial charge in [0.2, 0.25) is 17.7 Å². The maximum absolute atomic E-state index is 14.0. The lowest BCUT2D eigenvalue weighted by molar-refractivity contribution is -0.144. The summed E-state index contributed by atoms with van der Waals surface area (Å²) in [6.45, 7) is 2.31. The summed E-state index contributed by atoms with van der Waals surface area (Å²) in [5, 5.41) is 1.95. The molecule has 6 nitrogen and oxygen atoms in total. The number of nitrogens with two attached hydrogens (primary N) is 1. The lowest BCUT2D eigenvalue weighted by Gasteiger charge is -2.38. The molecule has 2 aliphatic heterocycles. The fraction of sp³-hybridized carbons (Fsp3) is 0.269. The second-order valence-electron chi connectivity index (χ2n) is 8.73. The molecule has 168 valence electrons. The zero-order valence-corrected chi connectivity index (χ0v) is 19.1. The van der Waals surface area contributed by atoms with Gasteiger partial charge in [-0.2, -0.15) is 0 Å². The third-order valence-corrected chi connectivity index (χ3v) is 7.59. The highest BCUT2D eigenvalue weighted by Gasteiger charge is 2.49. The Balaban J connectivity index is 1.53. The van der Waals surface area contributed by atoms with Crippen LogP contribution in [-0.2, 0) is 27.3 Å². The number of anilines is 1. The van der Waals surface area contributed by atoms with Crippen LogP contribution in [-0.4, -0.2) is 28.7 Å². The van der Waals surface area contributed by atoms with E-state index in [4.69, 9.17) is 5.73 Å². The molecule has 0 bridgehead atoms. The summed E-state index contributed by atoms with van der Waals surface area (Å²) in [6.07, 6.45) is 0.488. The largest absolute Gasteiger partial charge is 0.368 e. The third kappa shape index (κ3) is 3.82. The molecule has 3 heterocycles. The minimum atomic E-state index is -0.722. The highest BCUT2D eigenvalue weighted by atomic mass is 32.1. The van der Waals surface area contributed by atoms with Gasteiger partial charge in [-0.3, -0.25) is 14.4 Å². The highest BCUT2D eigenvalue weighted by Crippen LogP contribution is 2.44. The molecule has 0 saturated carbocycles. The third-order valence-electron chi connectivity index (χ3n) is 6.65. The molecule has 3 unspecified atom stereocenters. The molecule has 0 spiro atoms. The molecule has 3 atom stereocenters. The van der Waals surface area contributed by atoms with Crippen molar-refractivity contribution in [3.63, 3.8) is 0 Å². The SMILES string of the molecule is Cc1ccc(N2C(=O)CC(C(=O)N3Cc4ccccc4CC3C(N)=O)C2c2cccs2)cc1. The van der Waals surface area contributed by atoms with Crippen molar-refractivity contribution in [1.82, 2.24) is 4.90 Å². The summed E-state index contributed by atoms with van der Waals surface area (Å²) in [4.78, 5) is 43.8. The van der Waals surface area contributed by atoms with E-state index in [-0.39, 0.29) is 18.2 Å². The van der Waals surface area contributed by atoms with E-state index in [1.807, 2.05) is 73.0 Å². The van der Waals surface area contributed by atoms with Crippen LogP contribution in [0.25, 0.3) is 0 Å². The maximum atomic E-state index is 14.0. The standard InChI is InChI=1S/C26H25N3O3S/c1-16-8-10-19(11-9-16)29-23(30)14-20(24(29)22-7-4-12-33-22)26(32)28-15-18-6-3-2-5-17(18)13-21(28)25(27)31/h2-12,20-21,24H,13-15H2,1H3,(H2,27,31). The minimum absolute atomic E-state index is 0.0939. The number of fused-ring (bicyclic) bond motifs is 1. The molecule has 3 amide bonds. The maximum Gasteiger partial charge on any atom is 0.240 e. The summed E-state index contributed by atoms with van der Waals surface area (Å²) in [5.74, 6) is -1.41. The Kier molecular flexibility index (Phi) is 5.50. The zero-order chi connectivity index (χ0) is 23.1. The second-order valence-corrected chi connectivity index (χ2v) is 9.71. The van der Waals surface area contributed by atoms with Crippen molar-refractivity contribution in [2.45, 2.75) is 38.4 Å². The Morgan fingerprint density at radius 3 is 2.36 bits per heavy atom. The van der Waals surface area contributed by atoms with Gasteiger partial charge in [0.1, 0.15) is 6.04 Å². The summed E-state index contributed by atoms with van der Waals surface area (Å²) < 4.78 is 0. The van der Waals surface area contributed by atoms with Gasteiger partial charge >= 0.3 is 0 Å². The number of aryl methyl sites for hydroxylation is 1. The molecule has 7 heteroatoms. The van der Waals surface area contributed by atoms with Crippen LogP contribution in [0.3, 0.4) is 0 Å². The van der Waals surface area contributed by atoms with Crippen LogP contribution < -0.4 is 10.6 Å². The molecule has 1 fully saturated rings. The van der Waals surface area contributed by atoms with Gasteiger partial charge in [0.25, 0.3) is 0 Å². The van der Waals surface area contributed by atoms with Crippen LogP contribution in [0.1, 0.15) is 34.0 Å². The van der Waals surface area contributed by atoms with Gasteiger partial charge < -0.3 is 15.5 Å². The van der Waals surface area contributed by atoms with Gasteiger partial charge in [-0.1, -0.05) is 48.0 Å². The molecule has 1 saturated heterocycles. The molecule has 0 aliphatic carbocycles. The van der Waals surface area contributed by atoms with Crippen LogP contribution in [0.2, 0.25) is 0 Å². The molecule has 0 radical (unpaired) electrons. The first-order chi connectivity index (χ1) is 15.9. The Morgan fingerprint density at radius 2 is 1.70 bits per heavy atom. The summed E-state index contributed by atoms with van der Waals surface area (Å²) in [6, 6.07) is 18.3.